The van der Waals surface area contributed by atoms with Crippen LogP contribution in [0.5, 0.6) is 0 Å². The van der Waals surface area contributed by atoms with Crippen LogP contribution in [0.15, 0.2) is 47.4 Å². The second kappa shape index (κ2) is 15.2. The smallest absolute Gasteiger partial charge is 0.245 e. The molecule has 1 fully saturated rings. The van der Waals surface area contributed by atoms with Crippen LogP contribution in [-0.2, 0) is 4.79 Å². The highest BCUT2D eigenvalue weighted by molar-refractivity contribution is 8.00. The summed E-state index contributed by atoms with van der Waals surface area (Å²) in [7, 11) is 2.10. The minimum Gasteiger partial charge on any atom is -0.372 e. The molecular formula is C26H38F2N4OS2. The average Bonchev–Trinajstić information content (AvgIpc) is 2.86. The molecule has 194 valence electrons. The van der Waals surface area contributed by atoms with Crippen molar-refractivity contribution in [3.05, 3.63) is 42.5 Å². The summed E-state index contributed by atoms with van der Waals surface area (Å²) in [5.74, 6) is -1.57. The number of amides is 1. The molecule has 1 aliphatic heterocycles. The Balaban J connectivity index is 0.00000137. The second-order valence-electron chi connectivity index (χ2n) is 8.51. The first kappa shape index (κ1) is 29.3. The van der Waals surface area contributed by atoms with Gasteiger partial charge in [-0.1, -0.05) is 30.5 Å². The number of piperazine rings is 1. The Morgan fingerprint density at radius 2 is 1.77 bits per heavy atom. The van der Waals surface area contributed by atoms with Gasteiger partial charge in [-0.25, -0.2) is 8.78 Å². The summed E-state index contributed by atoms with van der Waals surface area (Å²) >= 11 is 3.51. The normalized spacial score (nSPS) is 13.7. The molecule has 3 rings (SSSR count). The highest BCUT2D eigenvalue weighted by Gasteiger charge is 2.19. The zero-order valence-corrected chi connectivity index (χ0v) is 22.6. The third-order valence-corrected chi connectivity index (χ3v) is 7.61. The van der Waals surface area contributed by atoms with Gasteiger partial charge >= 0.3 is 0 Å². The Morgan fingerprint density at radius 1 is 1.11 bits per heavy atom. The van der Waals surface area contributed by atoms with Crippen LogP contribution < -0.4 is 20.3 Å². The highest BCUT2D eigenvalue weighted by Crippen LogP contribution is 2.37. The van der Waals surface area contributed by atoms with Crippen LogP contribution in [0.3, 0.4) is 0 Å². The maximum absolute atomic E-state index is 12.9. The maximum atomic E-state index is 12.9. The number of alkyl halides is 2. The van der Waals surface area contributed by atoms with Gasteiger partial charge in [-0.2, -0.15) is 0 Å². The van der Waals surface area contributed by atoms with E-state index in [0.717, 1.165) is 51.7 Å². The Morgan fingerprint density at radius 3 is 2.37 bits per heavy atom. The van der Waals surface area contributed by atoms with E-state index < -0.39 is 5.92 Å². The van der Waals surface area contributed by atoms with Crippen LogP contribution in [0.2, 0.25) is 0 Å². The van der Waals surface area contributed by atoms with Crippen molar-refractivity contribution in [2.45, 2.75) is 43.4 Å². The van der Waals surface area contributed by atoms with Crippen molar-refractivity contribution in [1.29, 1.82) is 0 Å². The Kier molecular flexibility index (Phi) is 12.7. The molecular weight excluding hydrogens is 486 g/mol. The monoisotopic (exact) mass is 524 g/mol. The van der Waals surface area contributed by atoms with Gasteiger partial charge in [-0.05, 0) is 61.4 Å². The van der Waals surface area contributed by atoms with E-state index in [1.54, 1.807) is 23.7 Å². The average molecular weight is 525 g/mol. The number of hydrogen-bond donors (Lipinski definition) is 2. The predicted molar refractivity (Wildman–Crippen MR) is 149 cm³/mol. The summed E-state index contributed by atoms with van der Waals surface area (Å²) in [5, 5.41) is 3.42. The summed E-state index contributed by atoms with van der Waals surface area (Å²) < 4.78 is 28.0. The van der Waals surface area contributed by atoms with Gasteiger partial charge in [0.1, 0.15) is 0 Å². The molecule has 1 heterocycles. The number of nitrogens with zero attached hydrogens (tertiary/aromatic N) is 2. The highest BCUT2D eigenvalue weighted by atomic mass is 32.2. The van der Waals surface area contributed by atoms with Gasteiger partial charge in [0.05, 0.1) is 5.69 Å². The number of thioether (sulfide) groups is 1. The van der Waals surface area contributed by atoms with E-state index in [1.165, 1.54) is 27.4 Å². The minimum atomic E-state index is -2.53. The van der Waals surface area contributed by atoms with Crippen LogP contribution in [-0.4, -0.2) is 57.6 Å². The molecule has 1 aliphatic rings. The quantitative estimate of drug-likeness (QED) is 0.166. The molecule has 0 radical (unpaired) electrons. The Hall–Kier alpha value is -1.97. The number of nitrogens with one attached hydrogen (secondary N) is 1. The number of hydrogen-bond acceptors (Lipinski definition) is 6. The lowest BCUT2D eigenvalue weighted by molar-refractivity contribution is -0.106. The third-order valence-electron chi connectivity index (χ3n) is 5.77. The number of rotatable bonds is 11. The summed E-state index contributed by atoms with van der Waals surface area (Å²) in [6, 6.07) is 15.5. The van der Waals surface area contributed by atoms with Gasteiger partial charge in [0.25, 0.3) is 0 Å². The molecule has 2 aromatic carbocycles. The largest absolute Gasteiger partial charge is 0.372 e. The molecule has 0 saturated carbocycles. The fourth-order valence-electron chi connectivity index (χ4n) is 3.88. The Labute approximate surface area is 217 Å². The fourth-order valence-corrected chi connectivity index (χ4v) is 5.15. The molecule has 35 heavy (non-hydrogen) atoms. The summed E-state index contributed by atoms with van der Waals surface area (Å²) in [4.78, 5) is 12.3. The second-order valence-corrected chi connectivity index (χ2v) is 10.6. The molecule has 1 amide bonds. The van der Waals surface area contributed by atoms with E-state index in [0.29, 0.717) is 6.42 Å². The first-order chi connectivity index (χ1) is 16.8. The van der Waals surface area contributed by atoms with Crippen molar-refractivity contribution < 1.29 is 13.6 Å². The SMILES string of the molecule is CSN(C)c1ccc(N2CCNCC2)cc1-c1ccc(SCCCCCC(C)(F)F)cc1.NC=O. The lowest BCUT2D eigenvalue weighted by Crippen LogP contribution is -2.43. The lowest BCUT2D eigenvalue weighted by atomic mass is 10.0. The number of carbonyl (C=O) groups is 1. The molecule has 9 heteroatoms. The fraction of sp³-hybridized carbons (Fsp3) is 0.500. The summed E-state index contributed by atoms with van der Waals surface area (Å²) in [5.41, 5.74) is 9.11. The van der Waals surface area contributed by atoms with Crippen LogP contribution >= 0.6 is 23.7 Å². The molecule has 0 spiro atoms. The van der Waals surface area contributed by atoms with Gasteiger partial charge in [0, 0.05) is 62.0 Å². The molecule has 2 aromatic rings. The van der Waals surface area contributed by atoms with Gasteiger partial charge in [0.2, 0.25) is 12.3 Å². The molecule has 0 aliphatic carbocycles. The standard InChI is InChI=1S/C25H35F2N3S2.CH3NO/c1-25(26,27)13-5-4-6-18-32-22-10-7-20(8-11-22)23-19-21(30-16-14-28-15-17-30)9-12-24(23)29(2)31-3;2-1-3/h7-12,19,28H,4-6,13-18H2,1-3H3;1H,(H2,2,3). The molecule has 3 N–H and O–H groups in total. The van der Waals surface area contributed by atoms with Crippen molar-refractivity contribution in [2.24, 2.45) is 5.73 Å². The van der Waals surface area contributed by atoms with E-state index in [4.69, 9.17) is 4.79 Å². The van der Waals surface area contributed by atoms with Crippen molar-refractivity contribution in [3.63, 3.8) is 0 Å². The molecule has 5 nitrogen and oxygen atoms in total. The number of halogens is 2. The number of benzene rings is 2. The van der Waals surface area contributed by atoms with Crippen molar-refractivity contribution >= 4 is 41.5 Å². The molecule has 1 saturated heterocycles. The van der Waals surface area contributed by atoms with E-state index >= 15 is 0 Å². The Bertz CT molecular complexity index is 888. The maximum Gasteiger partial charge on any atom is 0.245 e. The number of primary amides is 1. The first-order valence-corrected chi connectivity index (χ1v) is 14.1. The van der Waals surface area contributed by atoms with E-state index in [9.17, 15) is 8.78 Å². The van der Waals surface area contributed by atoms with Crippen LogP contribution in [0.1, 0.15) is 32.6 Å². The molecule has 0 unspecified atom stereocenters. The van der Waals surface area contributed by atoms with Gasteiger partial charge in [-0.15, -0.1) is 11.8 Å². The van der Waals surface area contributed by atoms with E-state index in [-0.39, 0.29) is 12.8 Å². The number of carbonyl (C=O) groups excluding carboxylic acids is 1. The van der Waals surface area contributed by atoms with E-state index in [1.807, 2.05) is 0 Å². The number of anilines is 2. The van der Waals surface area contributed by atoms with Crippen LogP contribution in [0.4, 0.5) is 20.2 Å². The van der Waals surface area contributed by atoms with Crippen LogP contribution in [0, 0.1) is 0 Å². The van der Waals surface area contributed by atoms with Crippen molar-refractivity contribution in [1.82, 2.24) is 5.32 Å². The third kappa shape index (κ3) is 10.3. The van der Waals surface area contributed by atoms with Crippen LogP contribution in [0.25, 0.3) is 11.1 Å². The zero-order valence-electron chi connectivity index (χ0n) is 20.9. The van der Waals surface area contributed by atoms with Crippen molar-refractivity contribution in [2.75, 3.05) is 54.4 Å². The van der Waals surface area contributed by atoms with Gasteiger partial charge in [-0.3, -0.25) is 4.79 Å². The number of unbranched alkanes of at least 4 members (excludes halogenated alkanes) is 2. The number of nitrogens with two attached hydrogens (primary N) is 1. The zero-order chi connectivity index (χ0) is 25.7. The predicted octanol–water partition coefficient (Wildman–Crippen LogP) is 5.89. The summed E-state index contributed by atoms with van der Waals surface area (Å²) in [6.07, 6.45) is 4.76. The van der Waals surface area contributed by atoms with Gasteiger partial charge in [0.15, 0.2) is 0 Å². The minimum absolute atomic E-state index is 0.00774. The molecule has 0 atom stereocenters. The van der Waals surface area contributed by atoms with Crippen molar-refractivity contribution in [3.8, 4) is 11.1 Å². The molecule has 0 aromatic heterocycles. The summed E-state index contributed by atoms with van der Waals surface area (Å²) in [6.45, 7) is 5.11. The topological polar surface area (TPSA) is 61.6 Å². The van der Waals surface area contributed by atoms with Gasteiger partial charge < -0.3 is 20.3 Å². The lowest BCUT2D eigenvalue weighted by Gasteiger charge is -2.31. The van der Waals surface area contributed by atoms with E-state index in [2.05, 4.69) is 76.0 Å². The molecule has 0 bridgehead atoms. The first-order valence-electron chi connectivity index (χ1n) is 11.9.